The summed E-state index contributed by atoms with van der Waals surface area (Å²) in [5.74, 6) is 2.23. The van der Waals surface area contributed by atoms with Gasteiger partial charge in [-0.25, -0.2) is 0 Å². The largest absolute Gasteiger partial charge is 0.490 e. The molecule has 2 amide bonds. The van der Waals surface area contributed by atoms with Crippen molar-refractivity contribution in [3.8, 4) is 18.1 Å². The molecule has 140 valence electrons. The Morgan fingerprint density at radius 1 is 1.26 bits per heavy atom. The van der Waals surface area contributed by atoms with Gasteiger partial charge in [-0.15, -0.1) is 6.42 Å². The molecule has 0 aliphatic carbocycles. The van der Waals surface area contributed by atoms with E-state index in [1.807, 2.05) is 13.8 Å². The van der Waals surface area contributed by atoms with E-state index in [0.29, 0.717) is 27.6 Å². The van der Waals surface area contributed by atoms with Gasteiger partial charge in [0.25, 0.3) is 5.91 Å². The zero-order valence-electron chi connectivity index (χ0n) is 15.5. The smallest absolute Gasteiger partial charge is 0.257 e. The van der Waals surface area contributed by atoms with Gasteiger partial charge in [-0.05, 0) is 50.2 Å². The van der Waals surface area contributed by atoms with Gasteiger partial charge >= 0.3 is 0 Å². The number of hydrogen-bond donors (Lipinski definition) is 1. The number of likely N-dealkylation sites (N-methyl/N-ethyl adjacent to an activating group) is 1. The van der Waals surface area contributed by atoms with E-state index < -0.39 is 0 Å². The molecule has 2 aromatic carbocycles. The number of halogens is 1. The van der Waals surface area contributed by atoms with Gasteiger partial charge in [0.15, 0.2) is 0 Å². The van der Waals surface area contributed by atoms with Crippen LogP contribution in [0.15, 0.2) is 42.5 Å². The van der Waals surface area contributed by atoms with Gasteiger partial charge < -0.3 is 15.0 Å². The third-order valence-electron chi connectivity index (χ3n) is 3.58. The number of carbonyl (C=O) groups excluding carboxylic acids is 2. The third kappa shape index (κ3) is 5.77. The fraction of sp³-hybridized carbons (Fsp3) is 0.238. The summed E-state index contributed by atoms with van der Waals surface area (Å²) in [4.78, 5) is 26.3. The molecule has 0 aliphatic heterocycles. The summed E-state index contributed by atoms with van der Waals surface area (Å²) in [6, 6.07) is 11.8. The van der Waals surface area contributed by atoms with Crippen molar-refractivity contribution in [2.24, 2.45) is 0 Å². The molecule has 0 heterocycles. The van der Waals surface area contributed by atoms with Crippen LogP contribution >= 0.6 is 11.6 Å². The molecule has 0 saturated heterocycles. The molecule has 0 fully saturated rings. The number of carbonyl (C=O) groups is 2. The second-order valence-electron chi connectivity index (χ2n) is 6.24. The van der Waals surface area contributed by atoms with Crippen LogP contribution in [0.1, 0.15) is 29.8 Å². The monoisotopic (exact) mass is 384 g/mol. The van der Waals surface area contributed by atoms with Crippen LogP contribution in [-0.4, -0.2) is 36.4 Å². The standard InChI is InChI=1S/C21H21ClN2O3/c1-5-15-7-6-8-17(11-15)23-20(25)13-24(4)21(26)18-12-16(22)9-10-19(18)27-14(2)3/h1,6-12,14H,13H2,2-4H3,(H,23,25). The Labute approximate surface area is 164 Å². The number of anilines is 1. The lowest BCUT2D eigenvalue weighted by molar-refractivity contribution is -0.116. The van der Waals surface area contributed by atoms with Crippen LogP contribution in [-0.2, 0) is 4.79 Å². The first-order valence-electron chi connectivity index (χ1n) is 8.38. The normalized spacial score (nSPS) is 10.2. The van der Waals surface area contributed by atoms with Gasteiger partial charge in [-0.1, -0.05) is 23.6 Å². The summed E-state index contributed by atoms with van der Waals surface area (Å²) >= 11 is 6.02. The minimum Gasteiger partial charge on any atom is -0.490 e. The van der Waals surface area contributed by atoms with Crippen LogP contribution in [0.3, 0.4) is 0 Å². The highest BCUT2D eigenvalue weighted by atomic mass is 35.5. The van der Waals surface area contributed by atoms with Crippen molar-refractivity contribution < 1.29 is 14.3 Å². The van der Waals surface area contributed by atoms with Gasteiger partial charge in [-0.2, -0.15) is 0 Å². The zero-order chi connectivity index (χ0) is 20.0. The number of amides is 2. The molecule has 27 heavy (non-hydrogen) atoms. The Balaban J connectivity index is 2.10. The van der Waals surface area contributed by atoms with Crippen molar-refractivity contribution in [3.63, 3.8) is 0 Å². The van der Waals surface area contributed by atoms with Gasteiger partial charge in [0, 0.05) is 23.3 Å². The van der Waals surface area contributed by atoms with Crippen molar-refractivity contribution in [1.82, 2.24) is 4.90 Å². The molecule has 0 unspecified atom stereocenters. The Bertz CT molecular complexity index is 887. The van der Waals surface area contributed by atoms with E-state index in [9.17, 15) is 9.59 Å². The topological polar surface area (TPSA) is 58.6 Å². The second-order valence-corrected chi connectivity index (χ2v) is 6.68. The first kappa shape index (κ1) is 20.3. The molecule has 0 atom stereocenters. The molecule has 0 spiro atoms. The van der Waals surface area contributed by atoms with E-state index in [1.54, 1.807) is 43.4 Å². The maximum atomic E-state index is 12.8. The van der Waals surface area contributed by atoms with Crippen molar-refractivity contribution >= 4 is 29.1 Å². The quantitative estimate of drug-likeness (QED) is 0.770. The Hall–Kier alpha value is -2.97. The predicted molar refractivity (Wildman–Crippen MR) is 107 cm³/mol. The van der Waals surface area contributed by atoms with Crippen molar-refractivity contribution in [1.29, 1.82) is 0 Å². The summed E-state index contributed by atoms with van der Waals surface area (Å²) in [7, 11) is 1.54. The maximum absolute atomic E-state index is 12.8. The Kier molecular flexibility index (Phi) is 6.86. The van der Waals surface area contributed by atoms with Gasteiger partial charge in [0.2, 0.25) is 5.91 Å². The number of terminal acetylenes is 1. The summed E-state index contributed by atoms with van der Waals surface area (Å²) in [5.41, 5.74) is 1.54. The number of hydrogen-bond acceptors (Lipinski definition) is 3. The van der Waals surface area contributed by atoms with E-state index in [4.69, 9.17) is 22.8 Å². The Morgan fingerprint density at radius 3 is 2.67 bits per heavy atom. The van der Waals surface area contributed by atoms with E-state index in [0.717, 1.165) is 0 Å². The predicted octanol–water partition coefficient (Wildman–Crippen LogP) is 3.82. The van der Waals surface area contributed by atoms with Crippen molar-refractivity contribution in [2.45, 2.75) is 20.0 Å². The molecular formula is C21H21ClN2O3. The number of ether oxygens (including phenoxy) is 1. The number of benzene rings is 2. The third-order valence-corrected chi connectivity index (χ3v) is 3.81. The van der Waals surface area contributed by atoms with Gasteiger partial charge in [-0.3, -0.25) is 9.59 Å². The highest BCUT2D eigenvalue weighted by molar-refractivity contribution is 6.31. The van der Waals surface area contributed by atoms with E-state index in [1.165, 1.54) is 11.0 Å². The molecule has 1 N–H and O–H groups in total. The first-order valence-corrected chi connectivity index (χ1v) is 8.76. The molecule has 2 rings (SSSR count). The molecule has 0 radical (unpaired) electrons. The van der Waals surface area contributed by atoms with Crippen LogP contribution in [0, 0.1) is 12.3 Å². The van der Waals surface area contributed by atoms with Crippen molar-refractivity contribution in [3.05, 3.63) is 58.6 Å². The first-order chi connectivity index (χ1) is 12.8. The van der Waals surface area contributed by atoms with E-state index in [2.05, 4.69) is 11.2 Å². The highest BCUT2D eigenvalue weighted by Gasteiger charge is 2.20. The van der Waals surface area contributed by atoms with E-state index >= 15 is 0 Å². The van der Waals surface area contributed by atoms with Gasteiger partial charge in [0.1, 0.15) is 5.75 Å². The maximum Gasteiger partial charge on any atom is 0.257 e. The zero-order valence-corrected chi connectivity index (χ0v) is 16.2. The van der Waals surface area contributed by atoms with Crippen molar-refractivity contribution in [2.75, 3.05) is 18.9 Å². The molecular weight excluding hydrogens is 364 g/mol. The molecule has 6 heteroatoms. The fourth-order valence-corrected chi connectivity index (χ4v) is 2.58. The number of nitrogens with one attached hydrogen (secondary N) is 1. The average Bonchev–Trinajstić information content (AvgIpc) is 2.62. The Morgan fingerprint density at radius 2 is 2.00 bits per heavy atom. The van der Waals surface area contributed by atoms with E-state index in [-0.39, 0.29) is 24.5 Å². The van der Waals surface area contributed by atoms with Crippen LogP contribution in [0.4, 0.5) is 5.69 Å². The summed E-state index contributed by atoms with van der Waals surface area (Å²) in [6.45, 7) is 3.60. The summed E-state index contributed by atoms with van der Waals surface area (Å²) in [6.07, 6.45) is 5.25. The molecule has 0 bridgehead atoms. The lowest BCUT2D eigenvalue weighted by Gasteiger charge is -2.20. The lowest BCUT2D eigenvalue weighted by Crippen LogP contribution is -2.35. The van der Waals surface area contributed by atoms with Crippen LogP contribution in [0.2, 0.25) is 5.02 Å². The lowest BCUT2D eigenvalue weighted by atomic mass is 10.1. The highest BCUT2D eigenvalue weighted by Crippen LogP contribution is 2.25. The van der Waals surface area contributed by atoms with Crippen LogP contribution < -0.4 is 10.1 Å². The minimum absolute atomic E-state index is 0.102. The number of nitrogens with zero attached hydrogens (tertiary/aromatic N) is 1. The van der Waals surface area contributed by atoms with Crippen LogP contribution in [0.25, 0.3) is 0 Å². The minimum atomic E-state index is -0.360. The molecule has 0 aliphatic rings. The summed E-state index contributed by atoms with van der Waals surface area (Å²) < 4.78 is 5.67. The average molecular weight is 385 g/mol. The molecule has 2 aromatic rings. The van der Waals surface area contributed by atoms with Crippen LogP contribution in [0.5, 0.6) is 5.75 Å². The second kappa shape index (κ2) is 9.11. The SMILES string of the molecule is C#Cc1cccc(NC(=O)CN(C)C(=O)c2cc(Cl)ccc2OC(C)C)c1. The summed E-state index contributed by atoms with van der Waals surface area (Å²) in [5, 5.41) is 3.14. The number of rotatable bonds is 6. The molecule has 5 nitrogen and oxygen atoms in total. The molecule has 0 aromatic heterocycles. The van der Waals surface area contributed by atoms with Gasteiger partial charge in [0.05, 0.1) is 18.2 Å². The fourth-order valence-electron chi connectivity index (χ4n) is 2.41. The molecule has 0 saturated carbocycles.